The number of piperidine rings is 1. The molecule has 1 amide bonds. The minimum absolute atomic E-state index is 0.0897. The highest BCUT2D eigenvalue weighted by atomic mass is 16.2. The van der Waals surface area contributed by atoms with Crippen molar-refractivity contribution in [1.29, 1.82) is 0 Å². The van der Waals surface area contributed by atoms with Crippen LogP contribution >= 0.6 is 0 Å². The van der Waals surface area contributed by atoms with Crippen LogP contribution in [0.15, 0.2) is 29.5 Å². The third kappa shape index (κ3) is 3.52. The van der Waals surface area contributed by atoms with Gasteiger partial charge in [0.1, 0.15) is 5.69 Å². The standard InChI is InChI=1S/C19H23N5O2/c25-17-10-15(22-18(23-17)16-11-20-7-8-21-16)14-6-3-9-24(12-14)19(26)13-4-1-2-5-13/h7-8,10-11,13-14H,1-6,9,12H2,(H,22,23,25)/t14-/m0/s1. The van der Waals surface area contributed by atoms with Gasteiger partial charge >= 0.3 is 0 Å². The molecule has 2 fully saturated rings. The fourth-order valence-corrected chi connectivity index (χ4v) is 4.08. The van der Waals surface area contributed by atoms with Crippen molar-refractivity contribution in [3.8, 4) is 11.5 Å². The van der Waals surface area contributed by atoms with E-state index in [0.29, 0.717) is 18.1 Å². The molecule has 2 aromatic heterocycles. The van der Waals surface area contributed by atoms with Crippen molar-refractivity contribution in [2.75, 3.05) is 13.1 Å². The first-order chi connectivity index (χ1) is 12.7. The van der Waals surface area contributed by atoms with Crippen LogP contribution in [0.1, 0.15) is 50.1 Å². The summed E-state index contributed by atoms with van der Waals surface area (Å²) in [5.41, 5.74) is 1.08. The van der Waals surface area contributed by atoms with Crippen LogP contribution in [-0.4, -0.2) is 43.8 Å². The average Bonchev–Trinajstić information content (AvgIpc) is 3.22. The summed E-state index contributed by atoms with van der Waals surface area (Å²) < 4.78 is 0. The van der Waals surface area contributed by atoms with Gasteiger partial charge in [-0.2, -0.15) is 0 Å². The molecule has 2 aliphatic rings. The minimum atomic E-state index is -0.199. The predicted molar refractivity (Wildman–Crippen MR) is 96.4 cm³/mol. The Balaban J connectivity index is 1.56. The van der Waals surface area contributed by atoms with Crippen LogP contribution in [0.2, 0.25) is 0 Å². The monoisotopic (exact) mass is 353 g/mol. The second-order valence-electron chi connectivity index (χ2n) is 7.21. The first-order valence-corrected chi connectivity index (χ1v) is 9.37. The molecular weight excluding hydrogens is 330 g/mol. The maximum absolute atomic E-state index is 12.8. The van der Waals surface area contributed by atoms with Crippen molar-refractivity contribution in [1.82, 2.24) is 24.8 Å². The van der Waals surface area contributed by atoms with Gasteiger partial charge in [0.25, 0.3) is 5.56 Å². The first kappa shape index (κ1) is 16.9. The summed E-state index contributed by atoms with van der Waals surface area (Å²) in [6.07, 6.45) is 11.0. The zero-order valence-electron chi connectivity index (χ0n) is 14.7. The SMILES string of the molecule is O=C(C1CCCC1)N1CCC[C@H](c2cc(=O)[nH]c(-c3cnccn3)n2)C1. The number of carbonyl (C=O) groups is 1. The molecule has 26 heavy (non-hydrogen) atoms. The Kier molecular flexibility index (Phi) is 4.77. The molecule has 1 N–H and O–H groups in total. The normalized spacial score (nSPS) is 21.1. The van der Waals surface area contributed by atoms with E-state index in [9.17, 15) is 9.59 Å². The number of H-pyrrole nitrogens is 1. The maximum atomic E-state index is 12.8. The Bertz CT molecular complexity index is 829. The zero-order chi connectivity index (χ0) is 17.9. The molecule has 4 rings (SSSR count). The number of hydrogen-bond donors (Lipinski definition) is 1. The molecule has 0 spiro atoms. The summed E-state index contributed by atoms with van der Waals surface area (Å²) in [6.45, 7) is 1.46. The molecule has 0 aromatic carbocycles. The molecule has 0 unspecified atom stereocenters. The van der Waals surface area contributed by atoms with E-state index in [2.05, 4.69) is 19.9 Å². The number of likely N-dealkylation sites (tertiary alicyclic amines) is 1. The van der Waals surface area contributed by atoms with E-state index in [1.54, 1.807) is 24.7 Å². The molecule has 0 radical (unpaired) electrons. The lowest BCUT2D eigenvalue weighted by atomic mass is 9.93. The number of amides is 1. The summed E-state index contributed by atoms with van der Waals surface area (Å²) in [5.74, 6) is 0.994. The van der Waals surface area contributed by atoms with E-state index in [1.165, 1.54) is 0 Å². The molecule has 7 heteroatoms. The summed E-state index contributed by atoms with van der Waals surface area (Å²) in [5, 5.41) is 0. The smallest absolute Gasteiger partial charge is 0.251 e. The van der Waals surface area contributed by atoms with Gasteiger partial charge in [0.05, 0.1) is 11.9 Å². The highest BCUT2D eigenvalue weighted by Crippen LogP contribution is 2.31. The van der Waals surface area contributed by atoms with E-state index in [4.69, 9.17) is 0 Å². The number of nitrogens with one attached hydrogen (secondary N) is 1. The number of nitrogens with zero attached hydrogens (tertiary/aromatic N) is 4. The van der Waals surface area contributed by atoms with Gasteiger partial charge < -0.3 is 9.88 Å². The van der Waals surface area contributed by atoms with Crippen LogP contribution in [0, 0.1) is 5.92 Å². The van der Waals surface area contributed by atoms with Crippen molar-refractivity contribution in [3.05, 3.63) is 40.7 Å². The third-order valence-corrected chi connectivity index (χ3v) is 5.42. The van der Waals surface area contributed by atoms with E-state index < -0.39 is 0 Å². The maximum Gasteiger partial charge on any atom is 0.251 e. The van der Waals surface area contributed by atoms with Crippen LogP contribution in [0.5, 0.6) is 0 Å². The summed E-state index contributed by atoms with van der Waals surface area (Å²) in [6, 6.07) is 1.55. The molecule has 1 aliphatic carbocycles. The molecular formula is C19H23N5O2. The lowest BCUT2D eigenvalue weighted by Gasteiger charge is -2.34. The highest BCUT2D eigenvalue weighted by molar-refractivity contribution is 5.79. The molecule has 136 valence electrons. The quantitative estimate of drug-likeness (QED) is 0.912. The molecule has 1 saturated carbocycles. The minimum Gasteiger partial charge on any atom is -0.342 e. The number of hydrogen-bond acceptors (Lipinski definition) is 5. The molecule has 1 saturated heterocycles. The van der Waals surface area contributed by atoms with Crippen molar-refractivity contribution in [2.45, 2.75) is 44.4 Å². The lowest BCUT2D eigenvalue weighted by Crippen LogP contribution is -2.42. The van der Waals surface area contributed by atoms with Gasteiger partial charge in [-0.05, 0) is 25.7 Å². The molecule has 1 aliphatic heterocycles. The Morgan fingerprint density at radius 3 is 2.77 bits per heavy atom. The fraction of sp³-hybridized carbons (Fsp3) is 0.526. The van der Waals surface area contributed by atoms with Gasteiger partial charge in [0, 0.05) is 43.4 Å². The Morgan fingerprint density at radius 1 is 1.15 bits per heavy atom. The molecule has 3 heterocycles. The second-order valence-corrected chi connectivity index (χ2v) is 7.21. The predicted octanol–water partition coefficient (Wildman–Crippen LogP) is 2.12. The van der Waals surface area contributed by atoms with Crippen LogP contribution in [0.3, 0.4) is 0 Å². The van der Waals surface area contributed by atoms with Gasteiger partial charge in [0.15, 0.2) is 5.82 Å². The van der Waals surface area contributed by atoms with Crippen molar-refractivity contribution in [2.24, 2.45) is 5.92 Å². The van der Waals surface area contributed by atoms with Gasteiger partial charge in [0.2, 0.25) is 5.91 Å². The average molecular weight is 353 g/mol. The second kappa shape index (κ2) is 7.35. The number of aromatic nitrogens is 4. The summed E-state index contributed by atoms with van der Waals surface area (Å²) in [4.78, 5) is 42.5. The number of aromatic amines is 1. The lowest BCUT2D eigenvalue weighted by molar-refractivity contribution is -0.136. The highest BCUT2D eigenvalue weighted by Gasteiger charge is 2.31. The molecule has 1 atom stereocenters. The van der Waals surface area contributed by atoms with Crippen LogP contribution in [-0.2, 0) is 4.79 Å². The van der Waals surface area contributed by atoms with E-state index >= 15 is 0 Å². The Labute approximate surface area is 151 Å². The molecule has 0 bridgehead atoms. The third-order valence-electron chi connectivity index (χ3n) is 5.42. The zero-order valence-corrected chi connectivity index (χ0v) is 14.7. The van der Waals surface area contributed by atoms with E-state index in [0.717, 1.165) is 50.8 Å². The number of carbonyl (C=O) groups excluding carboxylic acids is 1. The van der Waals surface area contributed by atoms with Gasteiger partial charge in [-0.3, -0.25) is 14.6 Å². The largest absolute Gasteiger partial charge is 0.342 e. The Morgan fingerprint density at radius 2 is 2.00 bits per heavy atom. The van der Waals surface area contributed by atoms with Crippen molar-refractivity contribution >= 4 is 5.91 Å². The van der Waals surface area contributed by atoms with Crippen LogP contribution < -0.4 is 5.56 Å². The fourth-order valence-electron chi connectivity index (χ4n) is 4.08. The van der Waals surface area contributed by atoms with Gasteiger partial charge in [-0.25, -0.2) is 9.97 Å². The van der Waals surface area contributed by atoms with E-state index in [1.807, 2.05) is 4.90 Å². The topological polar surface area (TPSA) is 91.8 Å². The number of rotatable bonds is 3. The van der Waals surface area contributed by atoms with Gasteiger partial charge in [-0.15, -0.1) is 0 Å². The summed E-state index contributed by atoms with van der Waals surface area (Å²) in [7, 11) is 0. The van der Waals surface area contributed by atoms with Crippen LogP contribution in [0.4, 0.5) is 0 Å². The van der Waals surface area contributed by atoms with Crippen molar-refractivity contribution in [3.63, 3.8) is 0 Å². The van der Waals surface area contributed by atoms with E-state index in [-0.39, 0.29) is 23.3 Å². The first-order valence-electron chi connectivity index (χ1n) is 9.37. The Hall–Kier alpha value is -2.57. The molecule has 2 aromatic rings. The van der Waals surface area contributed by atoms with Crippen LogP contribution in [0.25, 0.3) is 11.5 Å². The van der Waals surface area contributed by atoms with Gasteiger partial charge in [-0.1, -0.05) is 12.8 Å². The molecule has 7 nitrogen and oxygen atoms in total. The summed E-state index contributed by atoms with van der Waals surface area (Å²) >= 11 is 0. The van der Waals surface area contributed by atoms with Crippen molar-refractivity contribution < 1.29 is 4.79 Å².